The van der Waals surface area contributed by atoms with Gasteiger partial charge in [0, 0.05) is 6.54 Å². The van der Waals surface area contributed by atoms with Crippen molar-refractivity contribution in [3.8, 4) is 0 Å². The molecule has 19 heavy (non-hydrogen) atoms. The lowest BCUT2D eigenvalue weighted by Gasteiger charge is -2.38. The Morgan fingerprint density at radius 2 is 2.32 bits per heavy atom. The van der Waals surface area contributed by atoms with Crippen molar-refractivity contribution >= 4 is 17.0 Å². The number of hydrogen-bond donors (Lipinski definition) is 2. The molecule has 0 atom stereocenters. The number of fused-ring (bicyclic) bond motifs is 1. The molecule has 0 spiro atoms. The first-order valence-electron chi connectivity index (χ1n) is 6.03. The quantitative estimate of drug-likeness (QED) is 0.835. The molecule has 6 heteroatoms. The topological polar surface area (TPSA) is 84.6 Å². The van der Waals surface area contributed by atoms with Gasteiger partial charge in [-0.1, -0.05) is 6.07 Å². The van der Waals surface area contributed by atoms with Gasteiger partial charge in [-0.2, -0.15) is 0 Å². The van der Waals surface area contributed by atoms with Gasteiger partial charge in [-0.15, -0.1) is 0 Å². The van der Waals surface area contributed by atoms with Gasteiger partial charge in [-0.25, -0.2) is 4.98 Å². The summed E-state index contributed by atoms with van der Waals surface area (Å²) in [4.78, 5) is 16.0. The smallest absolute Gasteiger partial charge is 0.233 e. The van der Waals surface area contributed by atoms with Crippen LogP contribution in [0.1, 0.15) is 5.56 Å². The van der Waals surface area contributed by atoms with E-state index in [1.54, 1.807) is 0 Å². The molecule has 2 aromatic rings. The normalized spacial score (nSPS) is 17.1. The van der Waals surface area contributed by atoms with Crippen molar-refractivity contribution in [3.05, 3.63) is 30.2 Å². The van der Waals surface area contributed by atoms with E-state index in [9.17, 15) is 9.90 Å². The zero-order valence-electron chi connectivity index (χ0n) is 10.3. The predicted molar refractivity (Wildman–Crippen MR) is 66.2 cm³/mol. The van der Waals surface area contributed by atoms with Gasteiger partial charge in [0.15, 0.2) is 12.0 Å². The Morgan fingerprint density at radius 1 is 1.47 bits per heavy atom. The van der Waals surface area contributed by atoms with Crippen LogP contribution in [-0.2, 0) is 16.1 Å². The summed E-state index contributed by atoms with van der Waals surface area (Å²) in [5, 5.41) is 12.1. The minimum Gasteiger partial charge on any atom is -0.443 e. The number of carbonyl (C=O) groups is 1. The van der Waals surface area contributed by atoms with Crippen LogP contribution in [0.2, 0.25) is 0 Å². The van der Waals surface area contributed by atoms with Gasteiger partial charge in [-0.05, 0) is 17.7 Å². The van der Waals surface area contributed by atoms with Gasteiger partial charge < -0.3 is 19.6 Å². The highest BCUT2D eigenvalue weighted by molar-refractivity contribution is 5.84. The third-order valence-electron chi connectivity index (χ3n) is 3.39. The highest BCUT2D eigenvalue weighted by Gasteiger charge is 2.45. The van der Waals surface area contributed by atoms with Crippen LogP contribution in [0.3, 0.4) is 0 Å². The first kappa shape index (κ1) is 12.1. The first-order valence-corrected chi connectivity index (χ1v) is 6.03. The van der Waals surface area contributed by atoms with Crippen molar-refractivity contribution in [3.63, 3.8) is 0 Å². The van der Waals surface area contributed by atoms with E-state index in [2.05, 4.69) is 10.3 Å². The van der Waals surface area contributed by atoms with Crippen LogP contribution in [0.4, 0.5) is 0 Å². The van der Waals surface area contributed by atoms with Gasteiger partial charge in [0.1, 0.15) is 10.9 Å². The van der Waals surface area contributed by atoms with E-state index in [0.717, 1.165) is 11.1 Å². The lowest BCUT2D eigenvalue weighted by Crippen LogP contribution is -2.56. The molecule has 0 radical (unpaired) electrons. The average Bonchev–Trinajstić information content (AvgIpc) is 2.83. The van der Waals surface area contributed by atoms with E-state index in [-0.39, 0.29) is 25.7 Å². The number of nitrogens with zero attached hydrogens (tertiary/aromatic N) is 1. The Balaban J connectivity index is 1.66. The molecular formula is C13H14N2O4. The predicted octanol–water partition coefficient (Wildman–Crippen LogP) is 0.453. The molecule has 2 heterocycles. The number of rotatable bonds is 4. The molecule has 1 aliphatic heterocycles. The van der Waals surface area contributed by atoms with E-state index in [4.69, 9.17) is 9.15 Å². The molecule has 1 aliphatic rings. The number of aliphatic hydroxyl groups is 1. The number of ether oxygens (including phenoxy) is 1. The van der Waals surface area contributed by atoms with Crippen molar-refractivity contribution in [2.24, 2.45) is 5.41 Å². The molecule has 1 aromatic heterocycles. The van der Waals surface area contributed by atoms with Crippen molar-refractivity contribution in [1.29, 1.82) is 0 Å². The second kappa shape index (κ2) is 4.64. The minimum absolute atomic E-state index is 0.182. The summed E-state index contributed by atoms with van der Waals surface area (Å²) in [7, 11) is 0. The van der Waals surface area contributed by atoms with E-state index in [1.807, 2.05) is 18.2 Å². The first-order chi connectivity index (χ1) is 9.23. The fourth-order valence-electron chi connectivity index (χ4n) is 2.02. The van der Waals surface area contributed by atoms with Gasteiger partial charge >= 0.3 is 0 Å². The Labute approximate surface area is 109 Å². The maximum absolute atomic E-state index is 12.0. The Hall–Kier alpha value is -1.92. The number of benzene rings is 1. The van der Waals surface area contributed by atoms with Gasteiger partial charge in [0.05, 0.1) is 19.8 Å². The summed E-state index contributed by atoms with van der Waals surface area (Å²) < 4.78 is 10.2. The van der Waals surface area contributed by atoms with Gasteiger partial charge in [-0.3, -0.25) is 4.79 Å². The summed E-state index contributed by atoms with van der Waals surface area (Å²) >= 11 is 0. The summed E-state index contributed by atoms with van der Waals surface area (Å²) in [5.74, 6) is -0.182. The second-order valence-electron chi connectivity index (χ2n) is 4.77. The summed E-state index contributed by atoms with van der Waals surface area (Å²) in [6.45, 7) is 0.740. The molecule has 100 valence electrons. The van der Waals surface area contributed by atoms with Crippen LogP contribution in [0.25, 0.3) is 11.1 Å². The van der Waals surface area contributed by atoms with Crippen molar-refractivity contribution in [2.45, 2.75) is 6.54 Å². The number of hydrogen-bond acceptors (Lipinski definition) is 5. The SMILES string of the molecule is O=C(NCc1ccc2ncoc2c1)C1(CO)COC1. The molecule has 1 aromatic carbocycles. The van der Waals surface area contributed by atoms with Crippen LogP contribution in [0.15, 0.2) is 29.0 Å². The molecule has 2 N–H and O–H groups in total. The third kappa shape index (κ3) is 2.09. The molecule has 6 nitrogen and oxygen atoms in total. The Kier molecular flexibility index (Phi) is 2.96. The molecule has 0 aliphatic carbocycles. The summed E-state index contributed by atoms with van der Waals surface area (Å²) in [6, 6.07) is 5.56. The van der Waals surface area contributed by atoms with Crippen LogP contribution in [-0.4, -0.2) is 35.8 Å². The zero-order valence-corrected chi connectivity index (χ0v) is 10.3. The maximum atomic E-state index is 12.0. The molecule has 3 rings (SSSR count). The highest BCUT2D eigenvalue weighted by atomic mass is 16.5. The Bertz CT molecular complexity index is 598. The van der Waals surface area contributed by atoms with Crippen molar-refractivity contribution in [2.75, 3.05) is 19.8 Å². The van der Waals surface area contributed by atoms with E-state index < -0.39 is 5.41 Å². The molecule has 0 saturated carbocycles. The van der Waals surface area contributed by atoms with E-state index in [1.165, 1.54) is 6.39 Å². The fraction of sp³-hybridized carbons (Fsp3) is 0.385. The summed E-state index contributed by atoms with van der Waals surface area (Å²) in [5.41, 5.74) is 1.63. The number of aliphatic hydroxyl groups excluding tert-OH is 1. The van der Waals surface area contributed by atoms with E-state index in [0.29, 0.717) is 12.1 Å². The van der Waals surface area contributed by atoms with Crippen LogP contribution < -0.4 is 5.32 Å². The van der Waals surface area contributed by atoms with Crippen molar-refractivity contribution < 1.29 is 19.1 Å². The monoisotopic (exact) mass is 262 g/mol. The third-order valence-corrected chi connectivity index (χ3v) is 3.39. The molecule has 1 amide bonds. The van der Waals surface area contributed by atoms with Gasteiger partial charge in [0.2, 0.25) is 5.91 Å². The number of amides is 1. The minimum atomic E-state index is -0.768. The maximum Gasteiger partial charge on any atom is 0.233 e. The highest BCUT2D eigenvalue weighted by Crippen LogP contribution is 2.27. The lowest BCUT2D eigenvalue weighted by molar-refractivity contribution is -0.170. The number of carbonyl (C=O) groups excluding carboxylic acids is 1. The summed E-state index contributed by atoms with van der Waals surface area (Å²) in [6.07, 6.45) is 1.39. The largest absolute Gasteiger partial charge is 0.443 e. The number of nitrogens with one attached hydrogen (secondary N) is 1. The second-order valence-corrected chi connectivity index (χ2v) is 4.77. The van der Waals surface area contributed by atoms with Crippen LogP contribution >= 0.6 is 0 Å². The fourth-order valence-corrected chi connectivity index (χ4v) is 2.02. The number of aromatic nitrogens is 1. The molecule has 1 saturated heterocycles. The van der Waals surface area contributed by atoms with Crippen LogP contribution in [0, 0.1) is 5.41 Å². The van der Waals surface area contributed by atoms with Gasteiger partial charge in [0.25, 0.3) is 0 Å². The molecule has 1 fully saturated rings. The molecule has 0 unspecified atom stereocenters. The molecule has 0 bridgehead atoms. The van der Waals surface area contributed by atoms with Crippen molar-refractivity contribution in [1.82, 2.24) is 10.3 Å². The zero-order chi connectivity index (χ0) is 13.3. The average molecular weight is 262 g/mol. The Morgan fingerprint density at radius 3 is 3.00 bits per heavy atom. The number of oxazole rings is 1. The van der Waals surface area contributed by atoms with Crippen LogP contribution in [0.5, 0.6) is 0 Å². The molecular weight excluding hydrogens is 248 g/mol. The lowest BCUT2D eigenvalue weighted by atomic mass is 9.86. The van der Waals surface area contributed by atoms with E-state index >= 15 is 0 Å². The standard InChI is InChI=1S/C13H14N2O4/c16-5-13(6-18-7-13)12(17)14-4-9-1-2-10-11(3-9)19-8-15-10/h1-3,8,16H,4-7H2,(H,14,17).